The van der Waals surface area contributed by atoms with Crippen molar-refractivity contribution in [3.63, 3.8) is 0 Å². The first-order valence-electron chi connectivity index (χ1n) is 9.13. The summed E-state index contributed by atoms with van der Waals surface area (Å²) in [7, 11) is 0. The molecular formula is C22H27NO4. The molecule has 1 atom stereocenters. The van der Waals surface area contributed by atoms with E-state index in [2.05, 4.69) is 12.2 Å². The van der Waals surface area contributed by atoms with Gasteiger partial charge in [-0.15, -0.1) is 0 Å². The van der Waals surface area contributed by atoms with Crippen LogP contribution in [0.3, 0.4) is 0 Å². The Morgan fingerprint density at radius 3 is 2.33 bits per heavy atom. The predicted molar refractivity (Wildman–Crippen MR) is 105 cm³/mol. The zero-order valence-corrected chi connectivity index (χ0v) is 16.4. The number of hydrogen-bond acceptors (Lipinski definition) is 4. The molecule has 0 aliphatic carbocycles. The molecule has 0 fully saturated rings. The topological polar surface area (TPSA) is 64.6 Å². The highest BCUT2D eigenvalue weighted by Crippen LogP contribution is 2.16. The first-order chi connectivity index (χ1) is 12.9. The lowest BCUT2D eigenvalue weighted by Crippen LogP contribution is -2.31. The van der Waals surface area contributed by atoms with Crippen LogP contribution in [0.4, 0.5) is 0 Å². The summed E-state index contributed by atoms with van der Waals surface area (Å²) in [6.45, 7) is 7.41. The van der Waals surface area contributed by atoms with Gasteiger partial charge in [-0.05, 0) is 61.6 Å². The number of carbonyl (C=O) groups excluding carboxylic acids is 2. The van der Waals surface area contributed by atoms with Gasteiger partial charge in [0.2, 0.25) is 0 Å². The van der Waals surface area contributed by atoms with E-state index in [1.807, 2.05) is 57.2 Å². The average molecular weight is 369 g/mol. The van der Waals surface area contributed by atoms with Crippen LogP contribution in [0, 0.1) is 13.8 Å². The third-order valence-corrected chi connectivity index (χ3v) is 4.46. The van der Waals surface area contributed by atoms with Crippen LogP contribution in [-0.2, 0) is 20.7 Å². The lowest BCUT2D eigenvalue weighted by Gasteiger charge is -2.15. The maximum atomic E-state index is 12.0. The number of aryl methyl sites for hydroxylation is 3. The van der Waals surface area contributed by atoms with Gasteiger partial charge in [-0.1, -0.05) is 37.3 Å². The lowest BCUT2D eigenvalue weighted by atomic mass is 10.1. The molecule has 0 saturated carbocycles. The molecule has 0 saturated heterocycles. The average Bonchev–Trinajstić information content (AvgIpc) is 2.67. The van der Waals surface area contributed by atoms with E-state index >= 15 is 0 Å². The summed E-state index contributed by atoms with van der Waals surface area (Å²) in [5.74, 6) is -0.325. The smallest absolute Gasteiger partial charge is 0.344 e. The highest BCUT2D eigenvalue weighted by atomic mass is 16.6. The predicted octanol–water partition coefficient (Wildman–Crippen LogP) is 3.67. The number of nitrogens with one attached hydrogen (secondary N) is 1. The fourth-order valence-electron chi connectivity index (χ4n) is 2.54. The summed E-state index contributed by atoms with van der Waals surface area (Å²) in [5, 5.41) is 2.82. The van der Waals surface area contributed by atoms with Crippen molar-refractivity contribution in [3.05, 3.63) is 64.7 Å². The van der Waals surface area contributed by atoms with Gasteiger partial charge in [-0.25, -0.2) is 4.79 Å². The molecule has 144 valence electrons. The van der Waals surface area contributed by atoms with Crippen molar-refractivity contribution in [1.82, 2.24) is 5.32 Å². The molecule has 0 aliphatic rings. The standard InChI is InChI=1S/C22H27NO4/c1-5-18-7-9-19(10-8-18)17(4)23-21(24)13-27-22(25)14-26-20-11-6-15(2)16(3)12-20/h6-12,17H,5,13-14H2,1-4H3,(H,23,24)/t17-/m1/s1. The molecule has 2 aromatic rings. The monoisotopic (exact) mass is 369 g/mol. The van der Waals surface area contributed by atoms with Gasteiger partial charge in [-0.2, -0.15) is 0 Å². The second-order valence-electron chi connectivity index (χ2n) is 6.58. The van der Waals surface area contributed by atoms with Crippen LogP contribution in [-0.4, -0.2) is 25.1 Å². The van der Waals surface area contributed by atoms with Crippen molar-refractivity contribution in [2.75, 3.05) is 13.2 Å². The molecular weight excluding hydrogens is 342 g/mol. The zero-order chi connectivity index (χ0) is 19.8. The van der Waals surface area contributed by atoms with Crippen LogP contribution in [0.15, 0.2) is 42.5 Å². The molecule has 2 aromatic carbocycles. The fraction of sp³-hybridized carbons (Fsp3) is 0.364. The van der Waals surface area contributed by atoms with E-state index in [1.54, 1.807) is 6.07 Å². The second-order valence-corrected chi connectivity index (χ2v) is 6.58. The van der Waals surface area contributed by atoms with E-state index in [4.69, 9.17) is 9.47 Å². The Bertz CT molecular complexity index is 783. The first-order valence-corrected chi connectivity index (χ1v) is 9.13. The number of ether oxygens (including phenoxy) is 2. The number of amides is 1. The number of esters is 1. The lowest BCUT2D eigenvalue weighted by molar-refractivity contribution is -0.150. The summed E-state index contributed by atoms with van der Waals surface area (Å²) >= 11 is 0. The van der Waals surface area contributed by atoms with Crippen molar-refractivity contribution in [3.8, 4) is 5.75 Å². The Morgan fingerprint density at radius 2 is 1.70 bits per heavy atom. The molecule has 0 aromatic heterocycles. The van der Waals surface area contributed by atoms with Gasteiger partial charge in [0.15, 0.2) is 13.2 Å². The van der Waals surface area contributed by atoms with Crippen LogP contribution in [0.5, 0.6) is 5.75 Å². The zero-order valence-electron chi connectivity index (χ0n) is 16.4. The van der Waals surface area contributed by atoms with E-state index in [-0.39, 0.29) is 25.2 Å². The largest absolute Gasteiger partial charge is 0.482 e. The summed E-state index contributed by atoms with van der Waals surface area (Å²) in [5.41, 5.74) is 4.49. The van der Waals surface area contributed by atoms with Gasteiger partial charge in [0, 0.05) is 0 Å². The summed E-state index contributed by atoms with van der Waals surface area (Å²) < 4.78 is 10.4. The first kappa shape index (κ1) is 20.5. The molecule has 5 nitrogen and oxygen atoms in total. The Kier molecular flexibility index (Phi) is 7.41. The number of rotatable bonds is 8. The van der Waals surface area contributed by atoms with Crippen LogP contribution in [0.2, 0.25) is 0 Å². The number of hydrogen-bond donors (Lipinski definition) is 1. The van der Waals surface area contributed by atoms with Crippen molar-refractivity contribution in [1.29, 1.82) is 0 Å². The summed E-state index contributed by atoms with van der Waals surface area (Å²) in [4.78, 5) is 23.8. The molecule has 5 heteroatoms. The minimum atomic E-state index is -0.580. The SMILES string of the molecule is CCc1ccc([C@@H](C)NC(=O)COC(=O)COc2ccc(C)c(C)c2)cc1. The molecule has 0 spiro atoms. The van der Waals surface area contributed by atoms with E-state index < -0.39 is 5.97 Å². The van der Waals surface area contributed by atoms with Crippen molar-refractivity contribution in [2.45, 2.75) is 40.2 Å². The normalized spacial score (nSPS) is 11.6. The van der Waals surface area contributed by atoms with Gasteiger partial charge in [0.1, 0.15) is 5.75 Å². The molecule has 27 heavy (non-hydrogen) atoms. The Hall–Kier alpha value is -2.82. The van der Waals surface area contributed by atoms with Crippen molar-refractivity contribution >= 4 is 11.9 Å². The van der Waals surface area contributed by atoms with E-state index in [0.29, 0.717) is 5.75 Å². The van der Waals surface area contributed by atoms with Gasteiger partial charge in [-0.3, -0.25) is 4.79 Å². The highest BCUT2D eigenvalue weighted by molar-refractivity contribution is 5.81. The number of benzene rings is 2. The maximum absolute atomic E-state index is 12.0. The van der Waals surface area contributed by atoms with Crippen LogP contribution >= 0.6 is 0 Å². The van der Waals surface area contributed by atoms with Crippen LogP contribution in [0.25, 0.3) is 0 Å². The second kappa shape index (κ2) is 9.76. The van der Waals surface area contributed by atoms with Gasteiger partial charge < -0.3 is 14.8 Å². The molecule has 2 rings (SSSR count). The summed E-state index contributed by atoms with van der Waals surface area (Å²) in [6.07, 6.45) is 0.973. The molecule has 0 unspecified atom stereocenters. The third kappa shape index (κ3) is 6.44. The third-order valence-electron chi connectivity index (χ3n) is 4.46. The molecule has 1 amide bonds. The minimum absolute atomic E-state index is 0.158. The highest BCUT2D eigenvalue weighted by Gasteiger charge is 2.12. The maximum Gasteiger partial charge on any atom is 0.344 e. The Labute approximate surface area is 160 Å². The van der Waals surface area contributed by atoms with Crippen molar-refractivity contribution in [2.24, 2.45) is 0 Å². The molecule has 0 heterocycles. The minimum Gasteiger partial charge on any atom is -0.482 e. The molecule has 0 aliphatic heterocycles. The van der Waals surface area contributed by atoms with Crippen LogP contribution < -0.4 is 10.1 Å². The van der Waals surface area contributed by atoms with Crippen LogP contribution in [0.1, 0.15) is 42.1 Å². The van der Waals surface area contributed by atoms with Crippen molar-refractivity contribution < 1.29 is 19.1 Å². The van der Waals surface area contributed by atoms with E-state index in [1.165, 1.54) is 5.56 Å². The fourth-order valence-corrected chi connectivity index (χ4v) is 2.54. The van der Waals surface area contributed by atoms with E-state index in [9.17, 15) is 9.59 Å². The van der Waals surface area contributed by atoms with Gasteiger partial charge in [0.05, 0.1) is 6.04 Å². The Balaban J connectivity index is 1.73. The molecule has 0 radical (unpaired) electrons. The number of carbonyl (C=O) groups is 2. The van der Waals surface area contributed by atoms with Gasteiger partial charge >= 0.3 is 5.97 Å². The Morgan fingerprint density at radius 1 is 1.00 bits per heavy atom. The van der Waals surface area contributed by atoms with E-state index in [0.717, 1.165) is 23.1 Å². The quantitative estimate of drug-likeness (QED) is 0.721. The molecule has 0 bridgehead atoms. The van der Waals surface area contributed by atoms with Gasteiger partial charge in [0.25, 0.3) is 5.91 Å². The summed E-state index contributed by atoms with van der Waals surface area (Å²) in [6, 6.07) is 13.5. The molecule has 1 N–H and O–H groups in total.